The van der Waals surface area contributed by atoms with Gasteiger partial charge in [-0.25, -0.2) is 0 Å². The van der Waals surface area contributed by atoms with E-state index >= 15 is 0 Å². The van der Waals surface area contributed by atoms with Gasteiger partial charge in [0.2, 0.25) is 0 Å². The summed E-state index contributed by atoms with van der Waals surface area (Å²) < 4.78 is 18.0. The lowest BCUT2D eigenvalue weighted by molar-refractivity contribution is -0.123. The number of rotatable bonds is 3. The predicted octanol–water partition coefficient (Wildman–Crippen LogP) is 4.14. The number of aromatic nitrogens is 1. The number of ether oxygens (including phenoxy) is 3. The minimum absolute atomic E-state index is 0.124. The van der Waals surface area contributed by atoms with Crippen LogP contribution in [0.3, 0.4) is 0 Å². The Hall–Kier alpha value is -4.89. The van der Waals surface area contributed by atoms with Crippen molar-refractivity contribution in [1.82, 2.24) is 20.5 Å². The third kappa shape index (κ3) is 6.62. The van der Waals surface area contributed by atoms with Gasteiger partial charge < -0.3 is 24.8 Å². The van der Waals surface area contributed by atoms with Crippen LogP contribution in [0.5, 0.6) is 17.2 Å². The summed E-state index contributed by atoms with van der Waals surface area (Å²) in [6.45, 7) is 4.01. The van der Waals surface area contributed by atoms with Gasteiger partial charge in [-0.1, -0.05) is 30.3 Å². The van der Waals surface area contributed by atoms with Crippen LogP contribution in [0.2, 0.25) is 0 Å². The highest BCUT2D eigenvalue weighted by atomic mass is 16.5. The first-order chi connectivity index (χ1) is 20.9. The van der Waals surface area contributed by atoms with Gasteiger partial charge in [-0.05, 0) is 77.7 Å². The molecule has 3 aromatic carbocycles. The van der Waals surface area contributed by atoms with E-state index in [1.165, 1.54) is 0 Å². The van der Waals surface area contributed by atoms with E-state index < -0.39 is 0 Å². The van der Waals surface area contributed by atoms with Crippen molar-refractivity contribution in [3.63, 3.8) is 0 Å². The molecule has 43 heavy (non-hydrogen) atoms. The molecule has 9 heteroatoms. The van der Waals surface area contributed by atoms with Crippen molar-refractivity contribution < 1.29 is 23.8 Å². The van der Waals surface area contributed by atoms with E-state index in [1.807, 2.05) is 85.8 Å². The van der Waals surface area contributed by atoms with Crippen LogP contribution >= 0.6 is 0 Å². The molecule has 1 saturated heterocycles. The first-order valence-corrected chi connectivity index (χ1v) is 14.3. The van der Waals surface area contributed by atoms with Gasteiger partial charge in [0.05, 0.1) is 18.8 Å². The predicted molar refractivity (Wildman–Crippen MR) is 162 cm³/mol. The highest BCUT2D eigenvalue weighted by Gasteiger charge is 2.36. The van der Waals surface area contributed by atoms with Gasteiger partial charge in [0.15, 0.2) is 18.1 Å². The fourth-order valence-corrected chi connectivity index (χ4v) is 5.52. The molecule has 2 N–H and O–H groups in total. The van der Waals surface area contributed by atoms with E-state index in [2.05, 4.69) is 20.5 Å². The number of amides is 2. The Labute approximate surface area is 250 Å². The van der Waals surface area contributed by atoms with Crippen molar-refractivity contribution in [1.29, 1.82) is 0 Å². The number of aryl methyl sites for hydroxylation is 1. The number of hydrogen-bond acceptors (Lipinski definition) is 7. The van der Waals surface area contributed by atoms with Crippen molar-refractivity contribution in [3.05, 3.63) is 107 Å². The number of benzene rings is 3. The summed E-state index contributed by atoms with van der Waals surface area (Å²) in [5.41, 5.74) is 5.18. The van der Waals surface area contributed by atoms with E-state index in [1.54, 1.807) is 13.3 Å². The van der Waals surface area contributed by atoms with Crippen molar-refractivity contribution in [3.8, 4) is 28.4 Å². The molecule has 4 heterocycles. The van der Waals surface area contributed by atoms with Crippen LogP contribution in [0.4, 0.5) is 0 Å². The minimum Gasteiger partial charge on any atom is -0.493 e. The minimum atomic E-state index is -0.337. The summed E-state index contributed by atoms with van der Waals surface area (Å²) >= 11 is 0. The monoisotopic (exact) mass is 578 g/mol. The molecular formula is C34H34N4O5. The van der Waals surface area contributed by atoms with Crippen molar-refractivity contribution in [2.75, 3.05) is 26.8 Å². The highest BCUT2D eigenvalue weighted by molar-refractivity contribution is 5.96. The molecule has 0 unspecified atom stereocenters. The Morgan fingerprint density at radius 3 is 2.72 bits per heavy atom. The van der Waals surface area contributed by atoms with Gasteiger partial charge >= 0.3 is 0 Å². The van der Waals surface area contributed by atoms with Gasteiger partial charge in [0.25, 0.3) is 11.8 Å². The Kier molecular flexibility index (Phi) is 8.24. The van der Waals surface area contributed by atoms with E-state index in [4.69, 9.17) is 14.2 Å². The normalized spacial score (nSPS) is 18.9. The molecule has 2 amide bonds. The molecule has 4 aromatic rings. The second-order valence-corrected chi connectivity index (χ2v) is 10.9. The zero-order chi connectivity index (χ0) is 29.8. The number of nitrogens with one attached hydrogen (secondary N) is 2. The largest absolute Gasteiger partial charge is 0.493 e. The van der Waals surface area contributed by atoms with Crippen LogP contribution in [0.25, 0.3) is 11.1 Å². The molecular weight excluding hydrogens is 544 g/mol. The van der Waals surface area contributed by atoms with Gasteiger partial charge in [0.1, 0.15) is 11.9 Å². The zero-order valence-electron chi connectivity index (χ0n) is 24.2. The molecule has 3 aliphatic rings. The van der Waals surface area contributed by atoms with Gasteiger partial charge in [-0.15, -0.1) is 0 Å². The Morgan fingerprint density at radius 2 is 1.88 bits per heavy atom. The number of nitrogens with zero attached hydrogens (tertiary/aromatic N) is 2. The number of carbonyl (C=O) groups is 2. The van der Waals surface area contributed by atoms with Gasteiger partial charge in [-0.2, -0.15) is 0 Å². The quantitative estimate of drug-likeness (QED) is 0.377. The molecule has 1 aromatic heterocycles. The molecule has 0 aliphatic carbocycles. The number of carbonyl (C=O) groups excluding carboxylic acids is 2. The summed E-state index contributed by atoms with van der Waals surface area (Å²) in [6, 6.07) is 24.4. The zero-order valence-corrected chi connectivity index (χ0v) is 24.2. The molecule has 220 valence electrons. The SMILES string of the molecule is COc1cc2ccc1O[C@H]1CN(Cc3ccccn3)C[C@@H]1NC(=O)c1ccc(C)c(c1)-c1cccc(c1)OCC(=O)NC2. The van der Waals surface area contributed by atoms with Crippen LogP contribution < -0.4 is 24.8 Å². The van der Waals surface area contributed by atoms with E-state index in [-0.39, 0.29) is 30.6 Å². The van der Waals surface area contributed by atoms with Crippen LogP contribution in [-0.2, 0) is 17.9 Å². The van der Waals surface area contributed by atoms with E-state index in [9.17, 15) is 9.59 Å². The lowest BCUT2D eigenvalue weighted by Crippen LogP contribution is -2.45. The topological polar surface area (TPSA) is 102 Å². The number of methoxy groups -OCH3 is 1. The fraction of sp³-hybridized carbons (Fsp3) is 0.265. The maximum Gasteiger partial charge on any atom is 0.258 e. The Bertz CT molecular complexity index is 1630. The average molecular weight is 579 g/mol. The summed E-state index contributed by atoms with van der Waals surface area (Å²) in [6.07, 6.45) is 1.45. The third-order valence-electron chi connectivity index (χ3n) is 7.78. The summed E-state index contributed by atoms with van der Waals surface area (Å²) in [7, 11) is 1.58. The molecule has 9 nitrogen and oxygen atoms in total. The molecule has 7 rings (SSSR count). The van der Waals surface area contributed by atoms with Gasteiger partial charge in [0, 0.05) is 37.9 Å². The van der Waals surface area contributed by atoms with Gasteiger partial charge in [-0.3, -0.25) is 19.5 Å². The smallest absolute Gasteiger partial charge is 0.258 e. The van der Waals surface area contributed by atoms with Crippen molar-refractivity contribution >= 4 is 11.8 Å². The highest BCUT2D eigenvalue weighted by Crippen LogP contribution is 2.32. The second-order valence-electron chi connectivity index (χ2n) is 10.9. The summed E-state index contributed by atoms with van der Waals surface area (Å²) in [5.74, 6) is 1.26. The van der Waals surface area contributed by atoms with Crippen molar-refractivity contribution in [2.45, 2.75) is 32.2 Å². The van der Waals surface area contributed by atoms with Crippen LogP contribution in [-0.4, -0.2) is 60.7 Å². The molecule has 0 spiro atoms. The third-order valence-corrected chi connectivity index (χ3v) is 7.78. The number of fused-ring (bicyclic) bond motifs is 7. The number of hydrogen-bond donors (Lipinski definition) is 2. The first-order valence-electron chi connectivity index (χ1n) is 14.3. The average Bonchev–Trinajstić information content (AvgIpc) is 3.39. The Balaban J connectivity index is 1.34. The maximum absolute atomic E-state index is 13.7. The number of pyridine rings is 1. The van der Waals surface area contributed by atoms with Crippen LogP contribution in [0, 0.1) is 6.92 Å². The molecule has 2 atom stereocenters. The number of likely N-dealkylation sites (tertiary alicyclic amines) is 1. The summed E-state index contributed by atoms with van der Waals surface area (Å²) in [4.78, 5) is 33.0. The molecule has 1 fully saturated rings. The second kappa shape index (κ2) is 12.5. The molecule has 6 bridgehead atoms. The van der Waals surface area contributed by atoms with E-state index in [0.717, 1.165) is 27.9 Å². The molecule has 0 radical (unpaired) electrons. The van der Waals surface area contributed by atoms with Crippen molar-refractivity contribution in [2.24, 2.45) is 0 Å². The fourth-order valence-electron chi connectivity index (χ4n) is 5.52. The van der Waals surface area contributed by atoms with E-state index in [0.29, 0.717) is 49.0 Å². The first kappa shape index (κ1) is 28.2. The lowest BCUT2D eigenvalue weighted by atomic mass is 9.97. The molecule has 0 saturated carbocycles. The summed E-state index contributed by atoms with van der Waals surface area (Å²) in [5, 5.41) is 6.15. The standard InChI is InChI=1S/C34H34N4O5/c1-22-9-11-25-16-28(22)24-6-5-8-27(15-24)42-21-33(39)36-17-23-10-12-30(31(14-23)41-2)43-32-20-38(19-29(32)37-34(25)40)18-26-7-3-4-13-35-26/h3-16,29,32H,17-21H2,1-2H3,(H,36,39)(H,37,40)/t29-,32-/m0/s1. The molecule has 3 aliphatic heterocycles. The van der Waals surface area contributed by atoms with Crippen LogP contribution in [0.1, 0.15) is 27.2 Å². The maximum atomic E-state index is 13.7. The van der Waals surface area contributed by atoms with Crippen LogP contribution in [0.15, 0.2) is 85.1 Å². The lowest BCUT2D eigenvalue weighted by Gasteiger charge is -2.23. The Morgan fingerprint density at radius 1 is 0.977 bits per heavy atom.